The smallest absolute Gasteiger partial charge is 0.421 e. The quantitative estimate of drug-likeness (QED) is 0.821. The van der Waals surface area contributed by atoms with Crippen molar-refractivity contribution in [3.8, 4) is 11.6 Å². The number of rotatable bonds is 2. The van der Waals surface area contributed by atoms with Gasteiger partial charge in [-0.2, -0.15) is 18.2 Å². The molecule has 1 amide bonds. The summed E-state index contributed by atoms with van der Waals surface area (Å²) in [5.41, 5.74) is 5.31. The maximum Gasteiger partial charge on any atom is 0.421 e. The van der Waals surface area contributed by atoms with Crippen LogP contribution in [0, 0.1) is 0 Å². The molecule has 9 heteroatoms. The lowest BCUT2D eigenvalue weighted by Crippen LogP contribution is -2.47. The average Bonchev–Trinajstić information content (AvgIpc) is 2.52. The number of aromatic nitrogens is 1. The van der Waals surface area contributed by atoms with E-state index in [1.807, 2.05) is 0 Å². The van der Waals surface area contributed by atoms with Crippen LogP contribution in [0.2, 0.25) is 0 Å². The molecule has 1 unspecified atom stereocenters. The van der Waals surface area contributed by atoms with Crippen molar-refractivity contribution < 1.29 is 27.9 Å². The second-order valence-corrected chi connectivity index (χ2v) is 5.21. The van der Waals surface area contributed by atoms with Crippen molar-refractivity contribution in [1.82, 2.24) is 4.98 Å². The zero-order chi connectivity index (χ0) is 17.5. The molecule has 0 saturated heterocycles. The standard InChI is InChI=1S/C15H12F3N3O3/c16-15(17,18)10-2-1-5-20-13(10)24-9-3-4-12-8(6-9)7-11(19)14(22)21(12)23/h1-6,11,23H,7,19H2. The molecule has 1 aromatic heterocycles. The number of hydrogen-bond acceptors (Lipinski definition) is 5. The number of benzene rings is 1. The van der Waals surface area contributed by atoms with Gasteiger partial charge in [0, 0.05) is 6.20 Å². The molecule has 0 bridgehead atoms. The van der Waals surface area contributed by atoms with Crippen LogP contribution in [-0.2, 0) is 17.4 Å². The number of fused-ring (bicyclic) bond motifs is 1. The first kappa shape index (κ1) is 16.2. The van der Waals surface area contributed by atoms with Crippen molar-refractivity contribution in [3.05, 3.63) is 47.7 Å². The van der Waals surface area contributed by atoms with Crippen LogP contribution >= 0.6 is 0 Å². The third kappa shape index (κ3) is 2.91. The Kier molecular flexibility index (Phi) is 3.90. The molecule has 0 radical (unpaired) electrons. The minimum Gasteiger partial charge on any atom is -0.438 e. The predicted molar refractivity (Wildman–Crippen MR) is 76.7 cm³/mol. The Bertz CT molecular complexity index is 795. The first-order valence-corrected chi connectivity index (χ1v) is 6.89. The van der Waals surface area contributed by atoms with Crippen LogP contribution in [0.3, 0.4) is 0 Å². The van der Waals surface area contributed by atoms with Gasteiger partial charge in [0.1, 0.15) is 11.3 Å². The van der Waals surface area contributed by atoms with Gasteiger partial charge in [-0.1, -0.05) is 0 Å². The van der Waals surface area contributed by atoms with Gasteiger partial charge < -0.3 is 10.5 Å². The molecule has 2 aromatic rings. The Morgan fingerprint density at radius 2 is 2.08 bits per heavy atom. The Balaban J connectivity index is 1.94. The summed E-state index contributed by atoms with van der Waals surface area (Å²) in [7, 11) is 0. The second-order valence-electron chi connectivity index (χ2n) is 5.21. The molecule has 0 aliphatic carbocycles. The number of alkyl halides is 3. The van der Waals surface area contributed by atoms with Crippen LogP contribution in [0.5, 0.6) is 11.6 Å². The van der Waals surface area contributed by atoms with Crippen molar-refractivity contribution in [2.45, 2.75) is 18.6 Å². The number of halogens is 3. The van der Waals surface area contributed by atoms with Gasteiger partial charge in [-0.3, -0.25) is 10.0 Å². The molecule has 0 saturated carbocycles. The van der Waals surface area contributed by atoms with E-state index in [-0.39, 0.29) is 17.9 Å². The van der Waals surface area contributed by atoms with Crippen molar-refractivity contribution >= 4 is 11.6 Å². The predicted octanol–water partition coefficient (Wildman–Crippen LogP) is 2.50. The van der Waals surface area contributed by atoms with E-state index in [0.717, 1.165) is 12.1 Å². The highest BCUT2D eigenvalue weighted by molar-refractivity contribution is 5.98. The fourth-order valence-corrected chi connectivity index (χ4v) is 2.40. The van der Waals surface area contributed by atoms with Crippen molar-refractivity contribution in [2.75, 3.05) is 5.06 Å². The van der Waals surface area contributed by atoms with Crippen LogP contribution in [0.1, 0.15) is 11.1 Å². The summed E-state index contributed by atoms with van der Waals surface area (Å²) >= 11 is 0. The lowest BCUT2D eigenvalue weighted by Gasteiger charge is -2.27. The van der Waals surface area contributed by atoms with Crippen LogP contribution in [0.4, 0.5) is 18.9 Å². The number of anilines is 1. The molecule has 0 fully saturated rings. The topological polar surface area (TPSA) is 88.7 Å². The largest absolute Gasteiger partial charge is 0.438 e. The van der Waals surface area contributed by atoms with E-state index in [1.165, 1.54) is 24.4 Å². The Morgan fingerprint density at radius 3 is 2.79 bits per heavy atom. The van der Waals surface area contributed by atoms with Crippen LogP contribution in [-0.4, -0.2) is 22.1 Å². The summed E-state index contributed by atoms with van der Waals surface area (Å²) in [6.07, 6.45) is -3.28. The van der Waals surface area contributed by atoms with E-state index < -0.39 is 29.6 Å². The van der Waals surface area contributed by atoms with E-state index in [2.05, 4.69) is 4.98 Å². The van der Waals surface area contributed by atoms with Crippen molar-refractivity contribution in [3.63, 3.8) is 0 Å². The normalized spacial score (nSPS) is 17.6. The summed E-state index contributed by atoms with van der Waals surface area (Å²) in [6.45, 7) is 0. The third-order valence-corrected chi connectivity index (χ3v) is 3.54. The monoisotopic (exact) mass is 339 g/mol. The highest BCUT2D eigenvalue weighted by Gasteiger charge is 2.35. The molecular formula is C15H12F3N3O3. The second kappa shape index (κ2) is 5.77. The average molecular weight is 339 g/mol. The molecule has 1 atom stereocenters. The zero-order valence-corrected chi connectivity index (χ0v) is 12.1. The van der Waals surface area contributed by atoms with E-state index >= 15 is 0 Å². The van der Waals surface area contributed by atoms with Gasteiger partial charge in [0.15, 0.2) is 0 Å². The molecule has 3 rings (SSSR count). The number of hydrogen-bond donors (Lipinski definition) is 2. The van der Waals surface area contributed by atoms with Crippen LogP contribution in [0.25, 0.3) is 0 Å². The number of hydroxylamine groups is 1. The highest BCUT2D eigenvalue weighted by Crippen LogP contribution is 2.37. The Labute approximate surface area is 134 Å². The fourth-order valence-electron chi connectivity index (χ4n) is 2.40. The molecule has 24 heavy (non-hydrogen) atoms. The molecular weight excluding hydrogens is 327 g/mol. The molecule has 1 aromatic carbocycles. The number of nitrogens with two attached hydrogens (primary N) is 1. The maximum absolute atomic E-state index is 13.0. The first-order valence-electron chi connectivity index (χ1n) is 6.89. The van der Waals surface area contributed by atoms with Gasteiger partial charge in [0.2, 0.25) is 5.88 Å². The first-order chi connectivity index (χ1) is 11.3. The molecule has 0 spiro atoms. The lowest BCUT2D eigenvalue weighted by atomic mass is 9.99. The summed E-state index contributed by atoms with van der Waals surface area (Å²) in [6, 6.07) is 5.21. The fraction of sp³-hybridized carbons (Fsp3) is 0.200. The summed E-state index contributed by atoms with van der Waals surface area (Å²) in [5.74, 6) is -1.14. The molecule has 6 nitrogen and oxygen atoms in total. The number of pyridine rings is 1. The van der Waals surface area contributed by atoms with Crippen molar-refractivity contribution in [2.24, 2.45) is 5.73 Å². The third-order valence-electron chi connectivity index (χ3n) is 3.54. The maximum atomic E-state index is 13.0. The van der Waals surface area contributed by atoms with Gasteiger partial charge in [-0.15, -0.1) is 0 Å². The van der Waals surface area contributed by atoms with Crippen molar-refractivity contribution in [1.29, 1.82) is 0 Å². The minimum atomic E-state index is -4.60. The highest BCUT2D eigenvalue weighted by atomic mass is 19.4. The summed E-state index contributed by atoms with van der Waals surface area (Å²) in [4.78, 5) is 15.2. The number of carbonyl (C=O) groups is 1. The number of carbonyl (C=O) groups excluding carboxylic acids is 1. The van der Waals surface area contributed by atoms with Gasteiger partial charge in [-0.05, 0) is 42.3 Å². The number of amides is 1. The minimum absolute atomic E-state index is 0.0906. The summed E-state index contributed by atoms with van der Waals surface area (Å²) in [5, 5.41) is 10.2. The van der Waals surface area contributed by atoms with E-state index in [9.17, 15) is 23.2 Å². The SMILES string of the molecule is NC1Cc2cc(Oc3ncccc3C(F)(F)F)ccc2N(O)C1=O. The van der Waals surface area contributed by atoms with E-state index in [1.54, 1.807) is 0 Å². The summed E-state index contributed by atoms with van der Waals surface area (Å²) < 4.78 is 44.1. The van der Waals surface area contributed by atoms with Gasteiger partial charge in [0.05, 0.1) is 11.7 Å². The van der Waals surface area contributed by atoms with Crippen LogP contribution < -0.4 is 15.5 Å². The molecule has 3 N–H and O–H groups in total. The van der Waals surface area contributed by atoms with Gasteiger partial charge in [0.25, 0.3) is 5.91 Å². The Morgan fingerprint density at radius 1 is 1.33 bits per heavy atom. The van der Waals surface area contributed by atoms with E-state index in [4.69, 9.17) is 10.5 Å². The zero-order valence-electron chi connectivity index (χ0n) is 12.1. The number of ether oxygens (including phenoxy) is 1. The van der Waals surface area contributed by atoms with Crippen LogP contribution in [0.15, 0.2) is 36.5 Å². The number of nitrogens with zero attached hydrogens (tertiary/aromatic N) is 2. The molecule has 126 valence electrons. The Hall–Kier alpha value is -2.65. The molecule has 2 heterocycles. The lowest BCUT2D eigenvalue weighted by molar-refractivity contribution is -0.138. The van der Waals surface area contributed by atoms with Gasteiger partial charge >= 0.3 is 6.18 Å². The van der Waals surface area contributed by atoms with E-state index in [0.29, 0.717) is 10.6 Å². The molecule has 1 aliphatic heterocycles. The van der Waals surface area contributed by atoms with Gasteiger partial charge in [-0.25, -0.2) is 4.98 Å². The molecule has 1 aliphatic rings.